The predicted octanol–water partition coefficient (Wildman–Crippen LogP) is 32.2. The van der Waals surface area contributed by atoms with Gasteiger partial charge in [-0.1, -0.05) is 234 Å². The molecule has 11 heterocycles. The van der Waals surface area contributed by atoms with Crippen molar-refractivity contribution < 1.29 is 37.9 Å². The van der Waals surface area contributed by atoms with Gasteiger partial charge in [0, 0.05) is 102 Å². The van der Waals surface area contributed by atoms with E-state index in [0.717, 1.165) is 234 Å². The van der Waals surface area contributed by atoms with Gasteiger partial charge in [-0.25, -0.2) is 19.9 Å². The van der Waals surface area contributed by atoms with Crippen molar-refractivity contribution in [2.75, 3.05) is 52.9 Å². The second-order valence-electron chi connectivity index (χ2n) is 35.9. The summed E-state index contributed by atoms with van der Waals surface area (Å²) in [6.45, 7) is 17.6. The van der Waals surface area contributed by atoms with Gasteiger partial charge in [0.25, 0.3) is 0 Å². The van der Waals surface area contributed by atoms with Crippen LogP contribution in [0.25, 0.3) is 148 Å². The third-order valence-corrected chi connectivity index (χ3v) is 25.3. The van der Waals surface area contributed by atoms with Crippen LogP contribution in [0.1, 0.15) is 318 Å². The number of unbranched alkanes of at least 4 members (excludes halogenated alkanes) is 30. The first-order valence-electron chi connectivity index (χ1n) is 50.1. The van der Waals surface area contributed by atoms with Crippen molar-refractivity contribution in [3.05, 3.63) is 179 Å². The molecule has 4 N–H and O–H groups in total. The maximum Gasteiger partial charge on any atom is 0.123 e. The molecule has 130 heavy (non-hydrogen) atoms. The minimum Gasteiger partial charge on any atom is -0.493 e. The van der Waals surface area contributed by atoms with Crippen LogP contribution in [0, 0.1) is 0 Å². The summed E-state index contributed by atoms with van der Waals surface area (Å²) in [7, 11) is 0. The van der Waals surface area contributed by atoms with Gasteiger partial charge < -0.3 is 57.8 Å². The molecule has 0 aliphatic carbocycles. The quantitative estimate of drug-likeness (QED) is 0.0265. The van der Waals surface area contributed by atoms with Crippen molar-refractivity contribution in [1.82, 2.24) is 39.9 Å². The molecule has 15 rings (SSSR count). The Balaban J connectivity index is 1.02. The van der Waals surface area contributed by atoms with Crippen molar-refractivity contribution in [1.29, 1.82) is 0 Å². The molecule has 16 heteroatoms. The molecule has 5 aliphatic heterocycles. The van der Waals surface area contributed by atoms with Crippen LogP contribution in [-0.2, 0) is 0 Å². The van der Waals surface area contributed by atoms with E-state index in [-0.39, 0.29) is 13.2 Å². The normalized spacial score (nSPS) is 12.5. The smallest absolute Gasteiger partial charge is 0.123 e. The minimum atomic E-state index is 0.232. The number of fused-ring (bicyclic) bond motifs is 23. The Morgan fingerprint density at radius 1 is 0.223 bits per heavy atom. The first-order chi connectivity index (χ1) is 64.2. The summed E-state index contributed by atoms with van der Waals surface area (Å²) in [5.74, 6) is 5.68. The van der Waals surface area contributed by atoms with Gasteiger partial charge in [-0.3, -0.25) is 0 Å². The molecule has 16 nitrogen and oxygen atoms in total. The summed E-state index contributed by atoms with van der Waals surface area (Å²) in [6.07, 6.45) is 58.6. The Labute approximate surface area is 772 Å². The number of hydrogen-bond acceptors (Lipinski definition) is 12. The van der Waals surface area contributed by atoms with Gasteiger partial charge in [-0.05, 0) is 219 Å². The van der Waals surface area contributed by atoms with Crippen LogP contribution in [0.4, 0.5) is 0 Å². The molecule has 4 aromatic carbocycles. The van der Waals surface area contributed by atoms with Gasteiger partial charge in [0.05, 0.1) is 85.2 Å². The van der Waals surface area contributed by atoms with Crippen molar-refractivity contribution in [2.24, 2.45) is 0 Å². The monoisotopic (exact) mass is 1750 g/mol. The number of hydrogen-bond donors (Lipinski definition) is 4. The molecular formula is C114H140N8O8. The highest BCUT2D eigenvalue weighted by atomic mass is 16.5. The number of aromatic amines is 4. The molecule has 0 saturated carbocycles. The fourth-order valence-electron chi connectivity index (χ4n) is 18.3. The van der Waals surface area contributed by atoms with E-state index >= 15 is 0 Å². The molecule has 24 bridgehead atoms. The molecule has 0 unspecified atom stereocenters. The molecule has 10 aromatic rings. The van der Waals surface area contributed by atoms with Crippen LogP contribution in [0.3, 0.4) is 0 Å². The Bertz CT molecular complexity index is 5450. The molecular weight excluding hydrogens is 1610 g/mol. The van der Waals surface area contributed by atoms with Gasteiger partial charge >= 0.3 is 0 Å². The maximum atomic E-state index is 6.94. The lowest BCUT2D eigenvalue weighted by Gasteiger charge is -2.15. The van der Waals surface area contributed by atoms with Gasteiger partial charge in [0.2, 0.25) is 0 Å². The number of benzene rings is 4. The Hall–Kier alpha value is -11.5. The summed E-state index contributed by atoms with van der Waals surface area (Å²) in [6, 6.07) is 47.1. The van der Waals surface area contributed by atoms with E-state index in [2.05, 4.69) is 231 Å². The highest BCUT2D eigenvalue weighted by molar-refractivity contribution is 6.05. The largest absolute Gasteiger partial charge is 0.493 e. The Morgan fingerprint density at radius 3 is 0.754 bits per heavy atom. The summed E-state index contributed by atoms with van der Waals surface area (Å²) in [5.41, 5.74) is 21.2. The van der Waals surface area contributed by atoms with E-state index in [0.29, 0.717) is 74.0 Å². The molecule has 0 radical (unpaired) electrons. The lowest BCUT2D eigenvalue weighted by atomic mass is 10.0. The molecule has 0 fully saturated rings. The van der Waals surface area contributed by atoms with Crippen LogP contribution in [0.2, 0.25) is 0 Å². The zero-order chi connectivity index (χ0) is 89.3. The number of rotatable bonds is 50. The first-order valence-corrected chi connectivity index (χ1v) is 50.1. The SMILES string of the molecule is CCCCCCCCOc1cc(OCCCCCCCC)cc(-c2c3nc(c4c5ccc([nH]5)c(c5nc(cc6ccc2[nH]6)C=C5)-c2cc(OCCCCCCCC)cc(c2)OCCOc2cc(OCCCCCCCC)cc(c2)-c2c5nc(cc6ccc([nH]6)c(-c6cc(OCCCCCCCC)cc(OCCCCCCCC)c6)c6nc(c-4c4ccc2[nH]4)C=C6)C=C5)C=C3)c1. The highest BCUT2D eigenvalue weighted by Crippen LogP contribution is 2.46. The van der Waals surface area contributed by atoms with Crippen molar-refractivity contribution in [2.45, 2.75) is 273 Å². The van der Waals surface area contributed by atoms with E-state index in [1.807, 2.05) is 12.1 Å². The number of H-pyrrole nitrogens is 4. The fraction of sp³-hybridized carbons (Fsp3) is 0.439. The third kappa shape index (κ3) is 25.8. The Morgan fingerprint density at radius 2 is 0.454 bits per heavy atom. The molecule has 0 saturated heterocycles. The molecule has 0 spiro atoms. The van der Waals surface area contributed by atoms with E-state index < -0.39 is 0 Å². The van der Waals surface area contributed by atoms with Crippen molar-refractivity contribution >= 4 is 92.7 Å². The van der Waals surface area contributed by atoms with Crippen molar-refractivity contribution in [3.8, 4) is 102 Å². The number of nitrogens with zero attached hydrogens (tertiary/aromatic N) is 4. The van der Waals surface area contributed by atoms with Crippen LogP contribution in [0.5, 0.6) is 46.0 Å². The van der Waals surface area contributed by atoms with E-state index in [1.165, 1.54) is 154 Å². The lowest BCUT2D eigenvalue weighted by Crippen LogP contribution is -2.09. The second-order valence-corrected chi connectivity index (χ2v) is 35.9. The van der Waals surface area contributed by atoms with Gasteiger partial charge in [0.15, 0.2) is 0 Å². The average Bonchev–Trinajstić information content (AvgIpc) is 1.60. The number of aromatic nitrogens is 8. The lowest BCUT2D eigenvalue weighted by molar-refractivity contribution is 0.215. The van der Waals surface area contributed by atoms with E-state index in [4.69, 9.17) is 57.8 Å². The summed E-state index contributed by atoms with van der Waals surface area (Å²) in [5, 5.41) is 0. The van der Waals surface area contributed by atoms with Crippen LogP contribution < -0.4 is 37.9 Å². The summed E-state index contributed by atoms with van der Waals surface area (Å²) < 4.78 is 55.1. The fourth-order valence-corrected chi connectivity index (χ4v) is 18.3. The zero-order valence-electron chi connectivity index (χ0n) is 78.5. The van der Waals surface area contributed by atoms with Crippen LogP contribution in [-0.4, -0.2) is 92.7 Å². The average molecular weight is 1750 g/mol. The standard InChI is InChI=1S/C114H140N8O8/c1-7-13-19-25-31-37-59-123-89-67-81(68-90(77-89)124-60-38-32-26-20-14-8-2)109-97-47-43-85(115-97)75-87-45-49-99(117-87)111-83-71-93(127-63-41-35-29-23-17-11-5)79-95(73-83)129-65-66-130-96-74-84(72-94(80-96)128-64-42-36-30-24-18-12-6)112-100-50-46-88(118-100)76-86-44-48-98(116-86)110(82-69-91(125-61-39-33-27-21-15-9-3)78-92(70-82)126-62-40-34-28-22-16-10-4)102-52-56-106(120-102)114(108-58-54-104(112)122-108)113(105-55-51-101(109)119-105)107-57-53-103(111)121-107/h43-58,67-80,115-116,121-122H,7-42,59-66H2,1-6H3. The molecule has 0 atom stereocenters. The van der Waals surface area contributed by atoms with E-state index in [1.54, 1.807) is 0 Å². The summed E-state index contributed by atoms with van der Waals surface area (Å²) >= 11 is 0. The first kappa shape index (κ1) is 93.2. The minimum absolute atomic E-state index is 0.232. The van der Waals surface area contributed by atoms with E-state index in [9.17, 15) is 0 Å². The second kappa shape index (κ2) is 48.9. The van der Waals surface area contributed by atoms with Gasteiger partial charge in [0.1, 0.15) is 59.2 Å². The van der Waals surface area contributed by atoms with Gasteiger partial charge in [-0.15, -0.1) is 0 Å². The van der Waals surface area contributed by atoms with Gasteiger partial charge in [-0.2, -0.15) is 0 Å². The molecule has 5 aliphatic rings. The highest BCUT2D eigenvalue weighted by Gasteiger charge is 2.26. The third-order valence-electron chi connectivity index (χ3n) is 25.3. The predicted molar refractivity (Wildman–Crippen MR) is 543 cm³/mol. The van der Waals surface area contributed by atoms with Crippen LogP contribution >= 0.6 is 0 Å². The number of nitrogens with one attached hydrogen (secondary N) is 4. The topological polar surface area (TPSA) is 189 Å². The van der Waals surface area contributed by atoms with Crippen LogP contribution in [0.15, 0.2) is 133 Å². The summed E-state index contributed by atoms with van der Waals surface area (Å²) in [4.78, 5) is 39.4. The maximum absolute atomic E-state index is 6.94. The molecule has 6 aromatic heterocycles. The molecule has 684 valence electrons. The molecule has 0 amide bonds. The zero-order valence-corrected chi connectivity index (χ0v) is 78.5. The Kier molecular flexibility index (Phi) is 35.1. The van der Waals surface area contributed by atoms with Crippen molar-refractivity contribution in [3.63, 3.8) is 0 Å². The number of ether oxygens (including phenoxy) is 8.